The number of carbonyl (C=O) groups is 1. The zero-order valence-corrected chi connectivity index (χ0v) is 19.0. The molecule has 29 heavy (non-hydrogen) atoms. The smallest absolute Gasteiger partial charge is 0.230 e. The minimum atomic E-state index is 0.185. The Hall–Kier alpha value is -1.36. The second-order valence-corrected chi connectivity index (χ2v) is 10.2. The van der Waals surface area contributed by atoms with Crippen LogP contribution in [0.1, 0.15) is 45.4 Å². The lowest BCUT2D eigenvalue weighted by Gasteiger charge is -2.39. The summed E-state index contributed by atoms with van der Waals surface area (Å²) in [5, 5.41) is 2.92. The van der Waals surface area contributed by atoms with Crippen LogP contribution in [0.2, 0.25) is 5.02 Å². The molecule has 2 fully saturated rings. The summed E-state index contributed by atoms with van der Waals surface area (Å²) in [7, 11) is 2.17. The van der Waals surface area contributed by atoms with Gasteiger partial charge in [-0.15, -0.1) is 11.3 Å². The lowest BCUT2D eigenvalue weighted by atomic mass is 9.82. The van der Waals surface area contributed by atoms with E-state index in [1.165, 1.54) is 17.7 Å². The fraction of sp³-hybridized carbons (Fsp3) is 0.542. The molecule has 1 aromatic carbocycles. The summed E-state index contributed by atoms with van der Waals surface area (Å²) < 4.78 is 0. The molecule has 1 saturated carbocycles. The third-order valence-electron chi connectivity index (χ3n) is 6.65. The van der Waals surface area contributed by atoms with Crippen molar-refractivity contribution in [1.29, 1.82) is 0 Å². The minimum absolute atomic E-state index is 0.185. The highest BCUT2D eigenvalue weighted by Gasteiger charge is 2.34. The number of thiophene rings is 1. The van der Waals surface area contributed by atoms with Crippen molar-refractivity contribution in [2.75, 3.05) is 25.0 Å². The Morgan fingerprint density at radius 2 is 1.72 bits per heavy atom. The van der Waals surface area contributed by atoms with Crippen molar-refractivity contribution >= 4 is 34.5 Å². The van der Waals surface area contributed by atoms with E-state index in [-0.39, 0.29) is 5.92 Å². The van der Waals surface area contributed by atoms with E-state index in [2.05, 4.69) is 47.4 Å². The number of hydrogen-bond acceptors (Lipinski definition) is 3. The molecule has 2 aliphatic rings. The van der Waals surface area contributed by atoms with Crippen LogP contribution in [0, 0.1) is 11.8 Å². The Morgan fingerprint density at radius 1 is 1.07 bits per heavy atom. The molecule has 1 aliphatic carbocycles. The van der Waals surface area contributed by atoms with Gasteiger partial charge in [0.05, 0.1) is 5.69 Å². The molecular formula is C24H31ClN2OS. The number of carbonyl (C=O) groups excluding carboxylic acids is 1. The molecule has 3 nitrogen and oxygen atoms in total. The SMILES string of the molecule is CC1CCC(C(=O)N(c2csc(-c3ccc(Cl)cc3)c2)C2CCN(C)CC2)CC1. The van der Waals surface area contributed by atoms with Crippen molar-refractivity contribution in [1.82, 2.24) is 4.90 Å². The van der Waals surface area contributed by atoms with Gasteiger partial charge >= 0.3 is 0 Å². The second-order valence-electron chi connectivity index (χ2n) is 8.88. The van der Waals surface area contributed by atoms with E-state index in [4.69, 9.17) is 11.6 Å². The first-order chi connectivity index (χ1) is 14.0. The van der Waals surface area contributed by atoms with Crippen LogP contribution < -0.4 is 4.90 Å². The molecule has 2 aromatic rings. The van der Waals surface area contributed by atoms with Gasteiger partial charge in [0.25, 0.3) is 0 Å². The van der Waals surface area contributed by atoms with Gasteiger partial charge in [-0.25, -0.2) is 0 Å². The lowest BCUT2D eigenvalue weighted by molar-refractivity contribution is -0.124. The number of anilines is 1. The molecule has 0 N–H and O–H groups in total. The summed E-state index contributed by atoms with van der Waals surface area (Å²) in [4.78, 5) is 19.4. The van der Waals surface area contributed by atoms with Gasteiger partial charge in [0.1, 0.15) is 0 Å². The standard InChI is InChI=1S/C24H31ClN2OS/c1-17-3-5-19(6-4-17)24(28)27(21-11-13-26(2)14-12-21)22-15-23(29-16-22)18-7-9-20(25)10-8-18/h7-10,15-17,19,21H,3-6,11-14H2,1-2H3. The number of piperidine rings is 1. The first-order valence-electron chi connectivity index (χ1n) is 10.9. The number of benzene rings is 1. The highest BCUT2D eigenvalue weighted by molar-refractivity contribution is 7.14. The van der Waals surface area contributed by atoms with Crippen molar-refractivity contribution < 1.29 is 4.79 Å². The van der Waals surface area contributed by atoms with Gasteiger partial charge in [0, 0.05) is 27.2 Å². The van der Waals surface area contributed by atoms with Crippen LogP contribution in [0.4, 0.5) is 5.69 Å². The average molecular weight is 431 g/mol. The highest BCUT2D eigenvalue weighted by atomic mass is 35.5. The molecular weight excluding hydrogens is 400 g/mol. The summed E-state index contributed by atoms with van der Waals surface area (Å²) in [6.45, 7) is 4.43. The normalized spacial score (nSPS) is 23.8. The quantitative estimate of drug-likeness (QED) is 0.566. The van der Waals surface area contributed by atoms with E-state index in [0.717, 1.165) is 61.0 Å². The van der Waals surface area contributed by atoms with E-state index < -0.39 is 0 Å². The Kier molecular flexibility index (Phi) is 6.63. The lowest BCUT2D eigenvalue weighted by Crippen LogP contribution is -2.49. The summed E-state index contributed by atoms with van der Waals surface area (Å²) >= 11 is 7.77. The van der Waals surface area contributed by atoms with Gasteiger partial charge in [-0.05, 0) is 88.3 Å². The van der Waals surface area contributed by atoms with Crippen molar-refractivity contribution in [3.05, 3.63) is 40.7 Å². The Morgan fingerprint density at radius 3 is 2.38 bits per heavy atom. The summed E-state index contributed by atoms with van der Waals surface area (Å²) in [5.74, 6) is 1.30. The van der Waals surface area contributed by atoms with Gasteiger partial charge in [-0.2, -0.15) is 0 Å². The number of nitrogens with zero attached hydrogens (tertiary/aromatic N) is 2. The maximum absolute atomic E-state index is 13.7. The van der Waals surface area contributed by atoms with Crippen molar-refractivity contribution in [2.24, 2.45) is 11.8 Å². The van der Waals surface area contributed by atoms with Gasteiger partial charge in [-0.3, -0.25) is 4.79 Å². The zero-order valence-electron chi connectivity index (χ0n) is 17.4. The maximum Gasteiger partial charge on any atom is 0.230 e. The van der Waals surface area contributed by atoms with Crippen LogP contribution in [-0.4, -0.2) is 37.0 Å². The van der Waals surface area contributed by atoms with Crippen molar-refractivity contribution in [3.63, 3.8) is 0 Å². The Balaban J connectivity index is 1.60. The molecule has 156 valence electrons. The monoisotopic (exact) mass is 430 g/mol. The number of rotatable bonds is 4. The first kappa shape index (κ1) is 20.9. The van der Waals surface area contributed by atoms with Crippen molar-refractivity contribution in [3.8, 4) is 10.4 Å². The molecule has 5 heteroatoms. The summed E-state index contributed by atoms with van der Waals surface area (Å²) in [6.07, 6.45) is 6.54. The molecule has 1 saturated heterocycles. The van der Waals surface area contributed by atoms with E-state index >= 15 is 0 Å². The molecule has 1 aromatic heterocycles. The van der Waals surface area contributed by atoms with E-state index in [0.29, 0.717) is 11.9 Å². The zero-order chi connectivity index (χ0) is 20.4. The molecule has 1 amide bonds. The van der Waals surface area contributed by atoms with Crippen LogP contribution in [0.3, 0.4) is 0 Å². The molecule has 0 atom stereocenters. The Bertz CT molecular complexity index is 818. The number of amides is 1. The van der Waals surface area contributed by atoms with E-state index in [1.807, 2.05) is 12.1 Å². The average Bonchev–Trinajstić information content (AvgIpc) is 3.20. The third kappa shape index (κ3) is 4.87. The van der Waals surface area contributed by atoms with E-state index in [1.54, 1.807) is 11.3 Å². The summed E-state index contributed by atoms with van der Waals surface area (Å²) in [5.41, 5.74) is 2.24. The summed E-state index contributed by atoms with van der Waals surface area (Å²) in [6, 6.07) is 10.5. The fourth-order valence-electron chi connectivity index (χ4n) is 4.69. The Labute approximate surface area is 183 Å². The second kappa shape index (κ2) is 9.20. The topological polar surface area (TPSA) is 23.6 Å². The van der Waals surface area contributed by atoms with Crippen LogP contribution in [0.25, 0.3) is 10.4 Å². The van der Waals surface area contributed by atoms with Crippen LogP contribution in [-0.2, 0) is 4.79 Å². The first-order valence-corrected chi connectivity index (χ1v) is 12.1. The highest BCUT2D eigenvalue weighted by Crippen LogP contribution is 2.37. The molecule has 4 rings (SSSR count). The van der Waals surface area contributed by atoms with Gasteiger partial charge in [0.15, 0.2) is 0 Å². The van der Waals surface area contributed by atoms with Crippen LogP contribution >= 0.6 is 22.9 Å². The van der Waals surface area contributed by atoms with Crippen molar-refractivity contribution in [2.45, 2.75) is 51.5 Å². The minimum Gasteiger partial charge on any atom is -0.308 e. The number of halogens is 1. The maximum atomic E-state index is 13.7. The molecule has 0 radical (unpaired) electrons. The predicted molar refractivity (Wildman–Crippen MR) is 124 cm³/mol. The van der Waals surface area contributed by atoms with Crippen LogP contribution in [0.15, 0.2) is 35.7 Å². The molecule has 0 bridgehead atoms. The third-order valence-corrected chi connectivity index (χ3v) is 7.87. The van der Waals surface area contributed by atoms with Gasteiger partial charge < -0.3 is 9.80 Å². The number of hydrogen-bond donors (Lipinski definition) is 0. The van der Waals surface area contributed by atoms with Crippen LogP contribution in [0.5, 0.6) is 0 Å². The number of likely N-dealkylation sites (tertiary alicyclic amines) is 1. The molecule has 2 heterocycles. The fourth-order valence-corrected chi connectivity index (χ4v) is 5.71. The predicted octanol–water partition coefficient (Wildman–Crippen LogP) is 6.32. The molecule has 1 aliphatic heterocycles. The largest absolute Gasteiger partial charge is 0.308 e. The molecule has 0 spiro atoms. The van der Waals surface area contributed by atoms with E-state index in [9.17, 15) is 4.79 Å². The van der Waals surface area contributed by atoms with Gasteiger partial charge in [-0.1, -0.05) is 30.7 Å². The van der Waals surface area contributed by atoms with Gasteiger partial charge in [0.2, 0.25) is 5.91 Å². The molecule has 0 unspecified atom stereocenters.